The van der Waals surface area contributed by atoms with E-state index < -0.39 is 0 Å². The smallest absolute Gasteiger partial charge is 0.127 e. The number of ether oxygens (including phenoxy) is 1. The van der Waals surface area contributed by atoms with Crippen LogP contribution in [0.1, 0.15) is 30.9 Å². The highest BCUT2D eigenvalue weighted by atomic mass is 19.1. The Hall–Kier alpha value is -0.970. The molecule has 0 unspecified atom stereocenters. The summed E-state index contributed by atoms with van der Waals surface area (Å²) in [7, 11) is 0. The second kappa shape index (κ2) is 6.42. The molecule has 0 atom stereocenters. The largest absolute Gasteiger partial charge is 0.372 e. The van der Waals surface area contributed by atoms with E-state index >= 15 is 0 Å². The van der Waals surface area contributed by atoms with Gasteiger partial charge in [0.05, 0.1) is 12.2 Å². The molecule has 116 valence electrons. The molecule has 0 saturated carbocycles. The molecule has 2 saturated heterocycles. The summed E-state index contributed by atoms with van der Waals surface area (Å²) in [5, 5.41) is 3.43. The standard InChI is InChI=1S/C17H25FN2O/c1-2-14-3-4-16(18)15(11-14)12-20-8-5-17(6-9-20)13-19-7-10-21-17/h3-4,11,19H,2,5-10,12-13H2,1H3. The number of morpholine rings is 1. The van der Waals surface area contributed by atoms with Gasteiger partial charge >= 0.3 is 0 Å². The van der Waals surface area contributed by atoms with E-state index in [-0.39, 0.29) is 11.4 Å². The van der Waals surface area contributed by atoms with E-state index in [0.717, 1.165) is 57.6 Å². The molecule has 0 radical (unpaired) electrons. The van der Waals surface area contributed by atoms with E-state index in [4.69, 9.17) is 4.74 Å². The van der Waals surface area contributed by atoms with Crippen molar-refractivity contribution < 1.29 is 9.13 Å². The Morgan fingerprint density at radius 1 is 1.33 bits per heavy atom. The first-order chi connectivity index (χ1) is 10.2. The number of nitrogens with one attached hydrogen (secondary N) is 1. The zero-order valence-electron chi connectivity index (χ0n) is 12.8. The molecule has 0 amide bonds. The lowest BCUT2D eigenvalue weighted by atomic mass is 9.90. The van der Waals surface area contributed by atoms with Crippen molar-refractivity contribution in [3.63, 3.8) is 0 Å². The number of piperidine rings is 1. The molecule has 2 fully saturated rings. The fourth-order valence-corrected chi connectivity index (χ4v) is 3.36. The Morgan fingerprint density at radius 2 is 2.14 bits per heavy atom. The van der Waals surface area contributed by atoms with E-state index in [1.165, 1.54) is 5.56 Å². The average molecular weight is 292 g/mol. The second-order valence-corrected chi connectivity index (χ2v) is 6.26. The van der Waals surface area contributed by atoms with Crippen LogP contribution in [-0.2, 0) is 17.7 Å². The highest BCUT2D eigenvalue weighted by Crippen LogP contribution is 2.28. The van der Waals surface area contributed by atoms with Gasteiger partial charge in [-0.15, -0.1) is 0 Å². The maximum absolute atomic E-state index is 13.9. The van der Waals surface area contributed by atoms with Crippen LogP contribution in [0.2, 0.25) is 0 Å². The SMILES string of the molecule is CCc1ccc(F)c(CN2CCC3(CC2)CNCCO3)c1. The van der Waals surface area contributed by atoms with Crippen LogP contribution in [0.15, 0.2) is 18.2 Å². The molecule has 4 heteroatoms. The lowest BCUT2D eigenvalue weighted by Crippen LogP contribution is -2.55. The predicted molar refractivity (Wildman–Crippen MR) is 81.8 cm³/mol. The van der Waals surface area contributed by atoms with E-state index in [9.17, 15) is 4.39 Å². The van der Waals surface area contributed by atoms with Gasteiger partial charge in [0.25, 0.3) is 0 Å². The summed E-state index contributed by atoms with van der Waals surface area (Å²) in [5.74, 6) is -0.0805. The summed E-state index contributed by atoms with van der Waals surface area (Å²) in [5.41, 5.74) is 2.06. The van der Waals surface area contributed by atoms with Gasteiger partial charge in [-0.3, -0.25) is 4.90 Å². The molecule has 2 heterocycles. The number of hydrogen-bond donors (Lipinski definition) is 1. The van der Waals surface area contributed by atoms with Crippen molar-refractivity contribution in [1.29, 1.82) is 0 Å². The van der Waals surface area contributed by atoms with E-state index in [0.29, 0.717) is 6.54 Å². The van der Waals surface area contributed by atoms with Crippen molar-refractivity contribution >= 4 is 0 Å². The van der Waals surface area contributed by atoms with Gasteiger partial charge < -0.3 is 10.1 Å². The number of nitrogens with zero attached hydrogens (tertiary/aromatic N) is 1. The summed E-state index contributed by atoms with van der Waals surface area (Å²) in [6.07, 6.45) is 3.03. The van der Waals surface area contributed by atoms with Crippen LogP contribution in [0.25, 0.3) is 0 Å². The first-order valence-corrected chi connectivity index (χ1v) is 8.05. The minimum absolute atomic E-state index is 0.0264. The zero-order chi connectivity index (χ0) is 14.7. The number of aryl methyl sites for hydroxylation is 1. The van der Waals surface area contributed by atoms with Crippen LogP contribution in [0.4, 0.5) is 4.39 Å². The first-order valence-electron chi connectivity index (χ1n) is 8.05. The van der Waals surface area contributed by atoms with Gasteiger partial charge in [0.15, 0.2) is 0 Å². The van der Waals surface area contributed by atoms with Crippen molar-refractivity contribution in [3.05, 3.63) is 35.1 Å². The lowest BCUT2D eigenvalue weighted by Gasteiger charge is -2.44. The van der Waals surface area contributed by atoms with Gasteiger partial charge in [-0.2, -0.15) is 0 Å². The van der Waals surface area contributed by atoms with Crippen LogP contribution in [0, 0.1) is 5.82 Å². The van der Waals surface area contributed by atoms with Crippen LogP contribution in [0.5, 0.6) is 0 Å². The fraction of sp³-hybridized carbons (Fsp3) is 0.647. The van der Waals surface area contributed by atoms with Gasteiger partial charge in [-0.25, -0.2) is 4.39 Å². The molecule has 1 aromatic carbocycles. The van der Waals surface area contributed by atoms with Crippen LogP contribution in [0.3, 0.4) is 0 Å². The Kier molecular flexibility index (Phi) is 4.57. The van der Waals surface area contributed by atoms with Crippen LogP contribution in [-0.4, -0.2) is 43.3 Å². The maximum Gasteiger partial charge on any atom is 0.127 e. The molecule has 3 nitrogen and oxygen atoms in total. The number of benzene rings is 1. The third-order valence-electron chi connectivity index (χ3n) is 4.81. The Balaban J connectivity index is 1.60. The molecular weight excluding hydrogens is 267 g/mol. The summed E-state index contributed by atoms with van der Waals surface area (Å²) in [4.78, 5) is 2.35. The third-order valence-corrected chi connectivity index (χ3v) is 4.81. The number of likely N-dealkylation sites (tertiary alicyclic amines) is 1. The monoisotopic (exact) mass is 292 g/mol. The minimum atomic E-state index is -0.0805. The maximum atomic E-state index is 13.9. The summed E-state index contributed by atoms with van der Waals surface area (Å²) in [6, 6.07) is 5.50. The van der Waals surface area contributed by atoms with E-state index in [2.05, 4.69) is 17.1 Å². The van der Waals surface area contributed by atoms with Crippen molar-refractivity contribution in [1.82, 2.24) is 10.2 Å². The van der Waals surface area contributed by atoms with Gasteiger partial charge in [0, 0.05) is 38.3 Å². The fourth-order valence-electron chi connectivity index (χ4n) is 3.36. The van der Waals surface area contributed by atoms with Crippen molar-refractivity contribution in [2.75, 3.05) is 32.8 Å². The molecule has 1 aromatic rings. The molecule has 1 N–H and O–H groups in total. The summed E-state index contributed by atoms with van der Waals surface area (Å²) >= 11 is 0. The molecule has 0 aromatic heterocycles. The average Bonchev–Trinajstić information content (AvgIpc) is 2.53. The normalized spacial score (nSPS) is 22.6. The topological polar surface area (TPSA) is 24.5 Å². The Morgan fingerprint density at radius 3 is 2.81 bits per heavy atom. The number of rotatable bonds is 3. The predicted octanol–water partition coefficient (Wildman–Crippen LogP) is 2.34. The lowest BCUT2D eigenvalue weighted by molar-refractivity contribution is -0.101. The molecule has 21 heavy (non-hydrogen) atoms. The van der Waals surface area contributed by atoms with Gasteiger partial charge in [-0.05, 0) is 30.9 Å². The molecule has 0 bridgehead atoms. The molecular formula is C17H25FN2O. The van der Waals surface area contributed by atoms with Gasteiger partial charge in [0.2, 0.25) is 0 Å². The Bertz CT molecular complexity index is 476. The molecule has 2 aliphatic rings. The van der Waals surface area contributed by atoms with Crippen LogP contribution >= 0.6 is 0 Å². The minimum Gasteiger partial charge on any atom is -0.372 e. The van der Waals surface area contributed by atoms with Gasteiger partial charge in [-0.1, -0.05) is 19.1 Å². The quantitative estimate of drug-likeness (QED) is 0.925. The van der Waals surface area contributed by atoms with Crippen molar-refractivity contribution in [2.45, 2.75) is 38.3 Å². The number of hydrogen-bond acceptors (Lipinski definition) is 3. The summed E-state index contributed by atoms with van der Waals surface area (Å²) in [6.45, 7) is 7.52. The van der Waals surface area contributed by atoms with Crippen molar-refractivity contribution in [2.24, 2.45) is 0 Å². The van der Waals surface area contributed by atoms with Crippen molar-refractivity contribution in [3.8, 4) is 0 Å². The highest BCUT2D eigenvalue weighted by molar-refractivity contribution is 5.25. The number of halogens is 1. The first kappa shape index (κ1) is 14.9. The van der Waals surface area contributed by atoms with Gasteiger partial charge in [0.1, 0.15) is 5.82 Å². The van der Waals surface area contributed by atoms with E-state index in [1.54, 1.807) is 6.07 Å². The highest BCUT2D eigenvalue weighted by Gasteiger charge is 2.36. The molecule has 1 spiro atoms. The second-order valence-electron chi connectivity index (χ2n) is 6.26. The Labute approximate surface area is 126 Å². The van der Waals surface area contributed by atoms with Crippen LogP contribution < -0.4 is 5.32 Å². The van der Waals surface area contributed by atoms with E-state index in [1.807, 2.05) is 12.1 Å². The summed E-state index contributed by atoms with van der Waals surface area (Å²) < 4.78 is 19.9. The molecule has 3 rings (SSSR count). The molecule has 2 aliphatic heterocycles. The third kappa shape index (κ3) is 3.44. The zero-order valence-corrected chi connectivity index (χ0v) is 12.8. The molecule has 0 aliphatic carbocycles.